The average Bonchev–Trinajstić information content (AvgIpc) is 2.01. The number of hydrogen-bond acceptors (Lipinski definition) is 2. The molecule has 1 atom stereocenters. The van der Waals surface area contributed by atoms with E-state index in [2.05, 4.69) is 0 Å². The molecule has 0 aliphatic heterocycles. The molecule has 0 spiro atoms. The summed E-state index contributed by atoms with van der Waals surface area (Å²) in [5.41, 5.74) is 0.600. The molecule has 2 nitrogen and oxygen atoms in total. The molecular weight excluding hydrogens is 231 g/mol. The number of benzene rings is 1. The molecular formula is C8H8Cl2O2S. The van der Waals surface area contributed by atoms with Crippen LogP contribution in [0.2, 0.25) is 5.02 Å². The second-order valence-corrected chi connectivity index (χ2v) is 6.06. The van der Waals surface area contributed by atoms with E-state index in [1.807, 2.05) is 0 Å². The molecule has 1 aromatic rings. The lowest BCUT2D eigenvalue weighted by molar-refractivity contribution is 0.600. The zero-order valence-electron chi connectivity index (χ0n) is 6.87. The van der Waals surface area contributed by atoms with Crippen LogP contribution in [0.3, 0.4) is 0 Å². The van der Waals surface area contributed by atoms with E-state index in [1.54, 1.807) is 24.3 Å². The van der Waals surface area contributed by atoms with Gasteiger partial charge in [0.1, 0.15) is 0 Å². The van der Waals surface area contributed by atoms with Crippen LogP contribution in [0.4, 0.5) is 0 Å². The van der Waals surface area contributed by atoms with Crippen LogP contribution in [0.1, 0.15) is 17.7 Å². The Morgan fingerprint density at radius 1 is 1.38 bits per heavy atom. The standard InChI is InChI=1S/C8H8Cl2O2S/c1-6(13(10,11)12)7-3-2-4-8(9)5-7/h2-6H,1H3. The van der Waals surface area contributed by atoms with Crippen molar-refractivity contribution in [3.8, 4) is 0 Å². The third-order valence-corrected chi connectivity index (χ3v) is 3.89. The van der Waals surface area contributed by atoms with E-state index in [0.29, 0.717) is 10.6 Å². The highest BCUT2D eigenvalue weighted by Crippen LogP contribution is 2.26. The first-order valence-electron chi connectivity index (χ1n) is 3.60. The Kier molecular flexibility index (Phi) is 3.22. The number of halogens is 2. The fourth-order valence-corrected chi connectivity index (χ4v) is 1.90. The van der Waals surface area contributed by atoms with Crippen LogP contribution in [-0.2, 0) is 9.05 Å². The summed E-state index contributed by atoms with van der Waals surface area (Å²) >= 11 is 5.70. The lowest BCUT2D eigenvalue weighted by Gasteiger charge is -2.07. The van der Waals surface area contributed by atoms with E-state index >= 15 is 0 Å². The molecule has 0 aliphatic rings. The largest absolute Gasteiger partial charge is 0.239 e. The van der Waals surface area contributed by atoms with Crippen LogP contribution in [0.25, 0.3) is 0 Å². The van der Waals surface area contributed by atoms with Crippen LogP contribution < -0.4 is 0 Å². The molecule has 0 saturated carbocycles. The molecule has 0 fully saturated rings. The fourth-order valence-electron chi connectivity index (χ4n) is 0.922. The third-order valence-electron chi connectivity index (χ3n) is 1.74. The lowest BCUT2D eigenvalue weighted by Crippen LogP contribution is -2.02. The van der Waals surface area contributed by atoms with E-state index in [0.717, 1.165) is 0 Å². The van der Waals surface area contributed by atoms with Crippen LogP contribution >= 0.6 is 22.3 Å². The maximum atomic E-state index is 11.0. The zero-order valence-corrected chi connectivity index (χ0v) is 9.20. The minimum absolute atomic E-state index is 0.504. The zero-order chi connectivity index (χ0) is 10.1. The van der Waals surface area contributed by atoms with Crippen molar-refractivity contribution in [3.63, 3.8) is 0 Å². The summed E-state index contributed by atoms with van der Waals surface area (Å²) in [5, 5.41) is -0.225. The van der Waals surface area contributed by atoms with Crippen molar-refractivity contribution in [2.75, 3.05) is 0 Å². The Morgan fingerprint density at radius 2 is 2.00 bits per heavy atom. The normalized spacial score (nSPS) is 14.1. The Labute approximate surface area is 86.9 Å². The Hall–Kier alpha value is -0.250. The molecule has 0 amide bonds. The van der Waals surface area contributed by atoms with Crippen molar-refractivity contribution in [3.05, 3.63) is 34.9 Å². The molecule has 5 heteroatoms. The number of hydrogen-bond donors (Lipinski definition) is 0. The molecule has 13 heavy (non-hydrogen) atoms. The third kappa shape index (κ3) is 2.86. The SMILES string of the molecule is CC(c1cccc(Cl)c1)S(=O)(=O)Cl. The first kappa shape index (κ1) is 10.8. The summed E-state index contributed by atoms with van der Waals surface area (Å²) in [7, 11) is 1.64. The predicted octanol–water partition coefficient (Wildman–Crippen LogP) is 2.97. The van der Waals surface area contributed by atoms with Gasteiger partial charge in [-0.1, -0.05) is 23.7 Å². The quantitative estimate of drug-likeness (QED) is 0.743. The second kappa shape index (κ2) is 3.86. The van der Waals surface area contributed by atoms with E-state index < -0.39 is 14.3 Å². The Morgan fingerprint density at radius 3 is 2.46 bits per heavy atom. The van der Waals surface area contributed by atoms with Gasteiger partial charge < -0.3 is 0 Å². The van der Waals surface area contributed by atoms with Gasteiger partial charge >= 0.3 is 0 Å². The summed E-state index contributed by atoms with van der Waals surface area (Å²) in [4.78, 5) is 0. The Balaban J connectivity index is 3.10. The fraction of sp³-hybridized carbons (Fsp3) is 0.250. The molecule has 1 aromatic carbocycles. The summed E-state index contributed by atoms with van der Waals surface area (Å²) < 4.78 is 21.9. The van der Waals surface area contributed by atoms with Crippen molar-refractivity contribution in [2.24, 2.45) is 0 Å². The van der Waals surface area contributed by atoms with E-state index in [1.165, 1.54) is 6.92 Å². The molecule has 0 saturated heterocycles. The van der Waals surface area contributed by atoms with E-state index in [-0.39, 0.29) is 0 Å². The highest BCUT2D eigenvalue weighted by Gasteiger charge is 2.19. The van der Waals surface area contributed by atoms with Crippen molar-refractivity contribution in [2.45, 2.75) is 12.2 Å². The minimum Gasteiger partial charge on any atom is -0.212 e. The monoisotopic (exact) mass is 238 g/mol. The van der Waals surface area contributed by atoms with Gasteiger partial charge in [0, 0.05) is 15.7 Å². The summed E-state index contributed by atoms with van der Waals surface area (Å²) in [5.74, 6) is 0. The molecule has 0 N–H and O–H groups in total. The van der Waals surface area contributed by atoms with Crippen molar-refractivity contribution in [1.29, 1.82) is 0 Å². The summed E-state index contributed by atoms with van der Waals surface area (Å²) in [6, 6.07) is 6.64. The first-order valence-corrected chi connectivity index (χ1v) is 6.35. The Bertz CT molecular complexity index is 400. The van der Waals surface area contributed by atoms with Gasteiger partial charge in [0.2, 0.25) is 9.05 Å². The molecule has 0 radical (unpaired) electrons. The van der Waals surface area contributed by atoms with Crippen molar-refractivity contribution in [1.82, 2.24) is 0 Å². The van der Waals surface area contributed by atoms with E-state index in [9.17, 15) is 8.42 Å². The minimum atomic E-state index is -3.56. The highest BCUT2D eigenvalue weighted by atomic mass is 35.7. The predicted molar refractivity (Wildman–Crippen MR) is 54.6 cm³/mol. The van der Waals surface area contributed by atoms with E-state index in [4.69, 9.17) is 22.3 Å². The maximum absolute atomic E-state index is 11.0. The van der Waals surface area contributed by atoms with Crippen LogP contribution in [0.5, 0.6) is 0 Å². The van der Waals surface area contributed by atoms with Gasteiger partial charge in [-0.25, -0.2) is 8.42 Å². The molecule has 1 unspecified atom stereocenters. The van der Waals surface area contributed by atoms with Gasteiger partial charge in [0.15, 0.2) is 0 Å². The molecule has 0 aromatic heterocycles. The van der Waals surface area contributed by atoms with Gasteiger partial charge in [-0.3, -0.25) is 0 Å². The van der Waals surface area contributed by atoms with Gasteiger partial charge in [-0.05, 0) is 24.6 Å². The van der Waals surface area contributed by atoms with Crippen molar-refractivity contribution < 1.29 is 8.42 Å². The molecule has 0 heterocycles. The van der Waals surface area contributed by atoms with Gasteiger partial charge in [-0.2, -0.15) is 0 Å². The average molecular weight is 239 g/mol. The van der Waals surface area contributed by atoms with Crippen LogP contribution in [0.15, 0.2) is 24.3 Å². The summed E-state index contributed by atoms with van der Waals surface area (Å²) in [6.07, 6.45) is 0. The second-order valence-electron chi connectivity index (χ2n) is 2.67. The smallest absolute Gasteiger partial charge is 0.212 e. The van der Waals surface area contributed by atoms with Gasteiger partial charge in [0.25, 0.3) is 0 Å². The molecule has 72 valence electrons. The molecule has 1 rings (SSSR count). The van der Waals surface area contributed by atoms with Crippen molar-refractivity contribution >= 4 is 31.3 Å². The van der Waals surface area contributed by atoms with Crippen LogP contribution in [0, 0.1) is 0 Å². The lowest BCUT2D eigenvalue weighted by atomic mass is 10.2. The topological polar surface area (TPSA) is 34.1 Å². The molecule has 0 aliphatic carbocycles. The van der Waals surface area contributed by atoms with Crippen LogP contribution in [-0.4, -0.2) is 8.42 Å². The summed E-state index contributed by atoms with van der Waals surface area (Å²) in [6.45, 7) is 1.52. The first-order chi connectivity index (χ1) is 5.91. The number of rotatable bonds is 2. The molecule has 0 bridgehead atoms. The highest BCUT2D eigenvalue weighted by molar-refractivity contribution is 8.13. The van der Waals surface area contributed by atoms with Gasteiger partial charge in [-0.15, -0.1) is 0 Å². The maximum Gasteiger partial charge on any atom is 0.239 e. The van der Waals surface area contributed by atoms with Gasteiger partial charge in [0.05, 0.1) is 5.25 Å².